The minimum absolute atomic E-state index is 0.172. The van der Waals surface area contributed by atoms with Gasteiger partial charge >= 0.3 is 0 Å². The molecule has 1 aromatic carbocycles. The van der Waals surface area contributed by atoms with Gasteiger partial charge in [0.15, 0.2) is 0 Å². The number of aryl methyl sites for hydroxylation is 1. The number of hydrogen-bond acceptors (Lipinski definition) is 4. The smallest absolute Gasteiger partial charge is 0.0629 e. The highest BCUT2D eigenvalue weighted by atomic mass is 16.5. The molecule has 0 aliphatic rings. The van der Waals surface area contributed by atoms with Gasteiger partial charge in [0.25, 0.3) is 0 Å². The van der Waals surface area contributed by atoms with E-state index < -0.39 is 5.41 Å². The molecule has 1 aromatic rings. The van der Waals surface area contributed by atoms with Crippen LogP contribution in [0.1, 0.15) is 12.0 Å². The van der Waals surface area contributed by atoms with Gasteiger partial charge in [0, 0.05) is 6.61 Å². The second-order valence-electron chi connectivity index (χ2n) is 4.62. The molecular weight excluding hydrogens is 232 g/mol. The largest absolute Gasteiger partial charge is 0.396 e. The molecule has 0 heterocycles. The first-order valence-corrected chi connectivity index (χ1v) is 6.20. The molecule has 18 heavy (non-hydrogen) atoms. The van der Waals surface area contributed by atoms with Crippen LogP contribution in [0, 0.1) is 5.41 Å². The van der Waals surface area contributed by atoms with E-state index in [-0.39, 0.29) is 26.4 Å². The van der Waals surface area contributed by atoms with Crippen LogP contribution in [0.2, 0.25) is 0 Å². The maximum atomic E-state index is 9.11. The Labute approximate surface area is 108 Å². The number of aliphatic hydroxyl groups excluding tert-OH is 3. The standard InChI is InChI=1S/C14H22O4/c15-9-14(10-16,11-17)12-18-8-4-7-13-5-2-1-3-6-13/h1-3,5-6,15-17H,4,7-12H2. The molecule has 0 aliphatic heterocycles. The highest BCUT2D eigenvalue weighted by Crippen LogP contribution is 2.15. The van der Waals surface area contributed by atoms with Crippen molar-refractivity contribution in [3.63, 3.8) is 0 Å². The topological polar surface area (TPSA) is 69.9 Å². The second-order valence-corrected chi connectivity index (χ2v) is 4.62. The lowest BCUT2D eigenvalue weighted by molar-refractivity contribution is -0.0579. The van der Waals surface area contributed by atoms with Gasteiger partial charge in [-0.25, -0.2) is 0 Å². The Morgan fingerprint density at radius 2 is 1.56 bits per heavy atom. The molecule has 1 rings (SSSR count). The molecule has 0 aromatic heterocycles. The minimum atomic E-state index is -0.924. The van der Waals surface area contributed by atoms with Crippen molar-refractivity contribution in [2.45, 2.75) is 12.8 Å². The zero-order valence-electron chi connectivity index (χ0n) is 10.6. The van der Waals surface area contributed by atoms with Crippen molar-refractivity contribution >= 4 is 0 Å². The molecule has 0 atom stereocenters. The average molecular weight is 254 g/mol. The lowest BCUT2D eigenvalue weighted by Crippen LogP contribution is -2.38. The summed E-state index contributed by atoms with van der Waals surface area (Å²) in [6.45, 7) is -0.113. The van der Waals surface area contributed by atoms with E-state index in [1.807, 2.05) is 18.2 Å². The van der Waals surface area contributed by atoms with Gasteiger partial charge in [-0.2, -0.15) is 0 Å². The molecule has 102 valence electrons. The molecule has 4 heteroatoms. The third-order valence-electron chi connectivity index (χ3n) is 3.01. The van der Waals surface area contributed by atoms with Crippen molar-refractivity contribution in [2.75, 3.05) is 33.0 Å². The summed E-state index contributed by atoms with van der Waals surface area (Å²) in [5, 5.41) is 27.3. The highest BCUT2D eigenvalue weighted by molar-refractivity contribution is 5.14. The number of benzene rings is 1. The van der Waals surface area contributed by atoms with E-state index in [2.05, 4.69) is 12.1 Å². The van der Waals surface area contributed by atoms with Crippen LogP contribution in [0.5, 0.6) is 0 Å². The SMILES string of the molecule is OCC(CO)(CO)COCCCc1ccccc1. The van der Waals surface area contributed by atoms with Crippen molar-refractivity contribution < 1.29 is 20.1 Å². The number of ether oxygens (including phenoxy) is 1. The van der Waals surface area contributed by atoms with Gasteiger partial charge < -0.3 is 20.1 Å². The fourth-order valence-corrected chi connectivity index (χ4v) is 1.60. The normalized spacial score (nSPS) is 11.7. The van der Waals surface area contributed by atoms with Crippen LogP contribution < -0.4 is 0 Å². The van der Waals surface area contributed by atoms with Crippen molar-refractivity contribution in [3.05, 3.63) is 35.9 Å². The maximum Gasteiger partial charge on any atom is 0.0629 e. The molecule has 0 unspecified atom stereocenters. The summed E-state index contributed by atoms with van der Waals surface area (Å²) in [4.78, 5) is 0. The van der Waals surface area contributed by atoms with E-state index in [1.54, 1.807) is 0 Å². The van der Waals surface area contributed by atoms with E-state index in [1.165, 1.54) is 5.56 Å². The maximum absolute atomic E-state index is 9.11. The molecule has 0 saturated heterocycles. The Hall–Kier alpha value is -0.940. The molecule has 4 nitrogen and oxygen atoms in total. The van der Waals surface area contributed by atoms with Crippen molar-refractivity contribution in [1.82, 2.24) is 0 Å². The van der Waals surface area contributed by atoms with Crippen molar-refractivity contribution in [3.8, 4) is 0 Å². The molecule has 0 amide bonds. The minimum Gasteiger partial charge on any atom is -0.396 e. The van der Waals surface area contributed by atoms with E-state index in [4.69, 9.17) is 20.1 Å². The van der Waals surface area contributed by atoms with Crippen LogP contribution in [0.25, 0.3) is 0 Å². The Balaban J connectivity index is 2.18. The van der Waals surface area contributed by atoms with E-state index in [0.717, 1.165) is 12.8 Å². The predicted molar refractivity (Wildman–Crippen MR) is 69.3 cm³/mol. The van der Waals surface area contributed by atoms with Gasteiger partial charge in [0.05, 0.1) is 31.8 Å². The summed E-state index contributed by atoms with van der Waals surface area (Å²) in [5.41, 5.74) is 0.339. The zero-order chi connectivity index (χ0) is 13.3. The summed E-state index contributed by atoms with van der Waals surface area (Å²) >= 11 is 0. The molecule has 3 N–H and O–H groups in total. The first kappa shape index (κ1) is 15.1. The number of hydrogen-bond donors (Lipinski definition) is 3. The van der Waals surface area contributed by atoms with E-state index in [0.29, 0.717) is 6.61 Å². The van der Waals surface area contributed by atoms with Gasteiger partial charge in [-0.05, 0) is 18.4 Å². The molecule has 0 fully saturated rings. The van der Waals surface area contributed by atoms with Gasteiger partial charge in [-0.15, -0.1) is 0 Å². The van der Waals surface area contributed by atoms with Crippen LogP contribution >= 0.6 is 0 Å². The van der Waals surface area contributed by atoms with Crippen molar-refractivity contribution in [1.29, 1.82) is 0 Å². The van der Waals surface area contributed by atoms with Crippen LogP contribution in [0.3, 0.4) is 0 Å². The van der Waals surface area contributed by atoms with Crippen LogP contribution in [0.4, 0.5) is 0 Å². The summed E-state index contributed by atoms with van der Waals surface area (Å²) < 4.78 is 5.41. The quantitative estimate of drug-likeness (QED) is 0.564. The van der Waals surface area contributed by atoms with Crippen LogP contribution in [-0.4, -0.2) is 48.4 Å². The highest BCUT2D eigenvalue weighted by Gasteiger charge is 2.28. The Morgan fingerprint density at radius 1 is 0.944 bits per heavy atom. The van der Waals surface area contributed by atoms with E-state index >= 15 is 0 Å². The first-order chi connectivity index (χ1) is 8.76. The number of rotatable bonds is 9. The molecular formula is C14H22O4. The predicted octanol–water partition coefficient (Wildman–Crippen LogP) is 0.599. The summed E-state index contributed by atoms with van der Waals surface area (Å²) in [7, 11) is 0. The molecule has 0 radical (unpaired) electrons. The third kappa shape index (κ3) is 4.74. The molecule has 0 spiro atoms. The second kappa shape index (κ2) is 8.21. The Morgan fingerprint density at radius 3 is 2.11 bits per heavy atom. The van der Waals surface area contributed by atoms with Crippen molar-refractivity contribution in [2.24, 2.45) is 5.41 Å². The Bertz CT molecular complexity index is 301. The average Bonchev–Trinajstić information content (AvgIpc) is 2.45. The third-order valence-corrected chi connectivity index (χ3v) is 3.01. The summed E-state index contributed by atoms with van der Waals surface area (Å²) in [6.07, 6.45) is 1.81. The van der Waals surface area contributed by atoms with Gasteiger partial charge in [-0.3, -0.25) is 0 Å². The van der Waals surface area contributed by atoms with Gasteiger partial charge in [0.1, 0.15) is 0 Å². The monoisotopic (exact) mass is 254 g/mol. The molecule has 0 bridgehead atoms. The zero-order valence-corrected chi connectivity index (χ0v) is 10.6. The summed E-state index contributed by atoms with van der Waals surface area (Å²) in [5.74, 6) is 0. The fourth-order valence-electron chi connectivity index (χ4n) is 1.60. The summed E-state index contributed by atoms with van der Waals surface area (Å²) in [6, 6.07) is 10.1. The van der Waals surface area contributed by atoms with Gasteiger partial charge in [-0.1, -0.05) is 30.3 Å². The Kier molecular flexibility index (Phi) is 6.90. The lowest BCUT2D eigenvalue weighted by atomic mass is 9.93. The first-order valence-electron chi connectivity index (χ1n) is 6.20. The van der Waals surface area contributed by atoms with Crippen LogP contribution in [0.15, 0.2) is 30.3 Å². The van der Waals surface area contributed by atoms with Gasteiger partial charge in [0.2, 0.25) is 0 Å². The number of aliphatic hydroxyl groups is 3. The molecule has 0 saturated carbocycles. The molecule has 0 aliphatic carbocycles. The van der Waals surface area contributed by atoms with E-state index in [9.17, 15) is 0 Å². The fraction of sp³-hybridized carbons (Fsp3) is 0.571. The lowest BCUT2D eigenvalue weighted by Gasteiger charge is -2.26. The van der Waals surface area contributed by atoms with Crippen LogP contribution in [-0.2, 0) is 11.2 Å².